The summed E-state index contributed by atoms with van der Waals surface area (Å²) in [5, 5.41) is 9.79. The van der Waals surface area contributed by atoms with Gasteiger partial charge in [-0.05, 0) is 23.8 Å². The molecule has 5 heteroatoms. The summed E-state index contributed by atoms with van der Waals surface area (Å²) in [5.74, 6) is -0.0989. The van der Waals surface area contributed by atoms with E-state index in [4.69, 9.17) is 28.3 Å². The first-order valence-corrected chi connectivity index (χ1v) is 5.59. The number of nitrogens with zero attached hydrogens (tertiary/aromatic N) is 1. The molecule has 1 rings (SSSR count). The van der Waals surface area contributed by atoms with Gasteiger partial charge in [-0.3, -0.25) is 4.79 Å². The van der Waals surface area contributed by atoms with Crippen molar-refractivity contribution in [2.24, 2.45) is 0 Å². The van der Waals surface area contributed by atoms with Crippen LogP contribution in [0.15, 0.2) is 18.2 Å². The molecule has 1 aromatic carbocycles. The molecule has 1 N–H and O–H groups in total. The predicted octanol–water partition coefficient (Wildman–Crippen LogP) is 1.99. The molecule has 0 heterocycles. The van der Waals surface area contributed by atoms with Gasteiger partial charge in [-0.1, -0.05) is 23.2 Å². The lowest BCUT2D eigenvalue weighted by molar-refractivity contribution is -0.129. The third-order valence-electron chi connectivity index (χ3n) is 2.21. The van der Waals surface area contributed by atoms with Crippen LogP contribution in [0.4, 0.5) is 0 Å². The van der Waals surface area contributed by atoms with Crippen LogP contribution < -0.4 is 0 Å². The molecule has 0 atom stereocenters. The van der Waals surface area contributed by atoms with Crippen molar-refractivity contribution in [3.63, 3.8) is 0 Å². The number of rotatable bonds is 4. The maximum atomic E-state index is 11.7. The number of carbonyl (C=O) groups excluding carboxylic acids is 1. The summed E-state index contributed by atoms with van der Waals surface area (Å²) in [7, 11) is 1.64. The molecule has 0 aromatic heterocycles. The second-order valence-corrected chi connectivity index (χ2v) is 4.30. The highest BCUT2D eigenvalue weighted by atomic mass is 35.5. The number of halogens is 2. The summed E-state index contributed by atoms with van der Waals surface area (Å²) >= 11 is 11.8. The average molecular weight is 262 g/mol. The fraction of sp³-hybridized carbons (Fsp3) is 0.364. The molecular weight excluding hydrogens is 249 g/mol. The lowest BCUT2D eigenvalue weighted by Crippen LogP contribution is -2.30. The molecule has 0 saturated heterocycles. The summed E-state index contributed by atoms with van der Waals surface area (Å²) in [4.78, 5) is 13.1. The number of amides is 1. The zero-order valence-corrected chi connectivity index (χ0v) is 10.4. The number of aliphatic hydroxyl groups is 1. The standard InChI is InChI=1S/C11H13Cl2NO2/c1-14(4-5-15)11(16)7-8-6-9(12)2-3-10(8)13/h2-3,6,15H,4-5,7H2,1H3. The van der Waals surface area contributed by atoms with Crippen molar-refractivity contribution in [2.75, 3.05) is 20.2 Å². The van der Waals surface area contributed by atoms with Crippen molar-refractivity contribution in [3.8, 4) is 0 Å². The van der Waals surface area contributed by atoms with E-state index in [2.05, 4.69) is 0 Å². The maximum absolute atomic E-state index is 11.7. The Bertz CT molecular complexity index is 382. The Morgan fingerprint density at radius 3 is 2.75 bits per heavy atom. The molecule has 0 unspecified atom stereocenters. The number of likely N-dealkylation sites (N-methyl/N-ethyl adjacent to an activating group) is 1. The SMILES string of the molecule is CN(CCO)C(=O)Cc1cc(Cl)ccc1Cl. The van der Waals surface area contributed by atoms with Gasteiger partial charge in [-0.15, -0.1) is 0 Å². The fourth-order valence-corrected chi connectivity index (χ4v) is 1.63. The Kier molecular flexibility index (Phi) is 5.06. The van der Waals surface area contributed by atoms with E-state index in [1.165, 1.54) is 4.90 Å². The Hall–Kier alpha value is -0.770. The smallest absolute Gasteiger partial charge is 0.226 e. The van der Waals surface area contributed by atoms with Crippen molar-refractivity contribution >= 4 is 29.1 Å². The molecule has 3 nitrogen and oxygen atoms in total. The van der Waals surface area contributed by atoms with Crippen LogP contribution >= 0.6 is 23.2 Å². The van der Waals surface area contributed by atoms with Gasteiger partial charge in [0.25, 0.3) is 0 Å². The zero-order valence-electron chi connectivity index (χ0n) is 8.91. The highest BCUT2D eigenvalue weighted by Gasteiger charge is 2.11. The minimum Gasteiger partial charge on any atom is -0.395 e. The van der Waals surface area contributed by atoms with E-state index in [0.717, 1.165) is 0 Å². The first-order chi connectivity index (χ1) is 7.54. The van der Waals surface area contributed by atoms with Gasteiger partial charge in [0.15, 0.2) is 0 Å². The van der Waals surface area contributed by atoms with Crippen molar-refractivity contribution in [1.82, 2.24) is 4.90 Å². The van der Waals surface area contributed by atoms with Gasteiger partial charge in [-0.25, -0.2) is 0 Å². The quantitative estimate of drug-likeness (QED) is 0.901. The second-order valence-electron chi connectivity index (χ2n) is 3.45. The molecule has 1 amide bonds. The molecule has 0 bridgehead atoms. The lowest BCUT2D eigenvalue weighted by atomic mass is 10.1. The van der Waals surface area contributed by atoms with Crippen molar-refractivity contribution in [3.05, 3.63) is 33.8 Å². The molecule has 0 radical (unpaired) electrons. The average Bonchev–Trinajstić information content (AvgIpc) is 2.23. The largest absolute Gasteiger partial charge is 0.395 e. The lowest BCUT2D eigenvalue weighted by Gasteiger charge is -2.16. The minimum absolute atomic E-state index is 0.0501. The van der Waals surface area contributed by atoms with Gasteiger partial charge < -0.3 is 10.0 Å². The van der Waals surface area contributed by atoms with Crippen LogP contribution in [0.5, 0.6) is 0 Å². The third kappa shape index (κ3) is 3.67. The number of aliphatic hydroxyl groups excluding tert-OH is 1. The van der Waals surface area contributed by atoms with E-state index in [9.17, 15) is 4.79 Å². The van der Waals surface area contributed by atoms with E-state index >= 15 is 0 Å². The Labute approximate surface area is 105 Å². The molecule has 1 aromatic rings. The molecule has 88 valence electrons. The summed E-state index contributed by atoms with van der Waals surface area (Å²) in [6.45, 7) is 0.266. The monoisotopic (exact) mass is 261 g/mol. The van der Waals surface area contributed by atoms with Gasteiger partial charge in [0.1, 0.15) is 0 Å². The zero-order chi connectivity index (χ0) is 12.1. The Balaban J connectivity index is 2.72. The molecule has 0 aliphatic rings. The third-order valence-corrected chi connectivity index (χ3v) is 2.81. The van der Waals surface area contributed by atoms with Gasteiger partial charge in [0.05, 0.1) is 13.0 Å². The predicted molar refractivity (Wildman–Crippen MR) is 64.9 cm³/mol. The van der Waals surface area contributed by atoms with Crippen LogP contribution in [-0.4, -0.2) is 36.1 Å². The second kappa shape index (κ2) is 6.09. The topological polar surface area (TPSA) is 40.5 Å². The molecular formula is C11H13Cl2NO2. The number of benzene rings is 1. The number of hydrogen-bond acceptors (Lipinski definition) is 2. The summed E-state index contributed by atoms with van der Waals surface area (Å²) in [5.41, 5.74) is 0.698. The van der Waals surface area contributed by atoms with Gasteiger partial charge in [-0.2, -0.15) is 0 Å². The minimum atomic E-state index is -0.0989. The van der Waals surface area contributed by atoms with E-state index in [-0.39, 0.29) is 18.9 Å². The van der Waals surface area contributed by atoms with Crippen LogP contribution in [0, 0.1) is 0 Å². The molecule has 16 heavy (non-hydrogen) atoms. The molecule has 0 saturated carbocycles. The van der Waals surface area contributed by atoms with Crippen LogP contribution in [0.2, 0.25) is 10.0 Å². The Morgan fingerprint density at radius 2 is 2.12 bits per heavy atom. The van der Waals surface area contributed by atoms with Crippen LogP contribution in [0.25, 0.3) is 0 Å². The van der Waals surface area contributed by atoms with Crippen LogP contribution in [-0.2, 0) is 11.2 Å². The van der Waals surface area contributed by atoms with Gasteiger partial charge >= 0.3 is 0 Å². The van der Waals surface area contributed by atoms with E-state index < -0.39 is 0 Å². The van der Waals surface area contributed by atoms with E-state index in [1.807, 2.05) is 0 Å². The van der Waals surface area contributed by atoms with Crippen LogP contribution in [0.3, 0.4) is 0 Å². The van der Waals surface area contributed by atoms with Crippen LogP contribution in [0.1, 0.15) is 5.56 Å². The van der Waals surface area contributed by atoms with Gasteiger partial charge in [0, 0.05) is 23.6 Å². The number of hydrogen-bond donors (Lipinski definition) is 1. The van der Waals surface area contributed by atoms with Crippen molar-refractivity contribution in [1.29, 1.82) is 0 Å². The van der Waals surface area contributed by atoms with Gasteiger partial charge in [0.2, 0.25) is 5.91 Å². The summed E-state index contributed by atoms with van der Waals surface area (Å²) < 4.78 is 0. The number of carbonyl (C=O) groups is 1. The summed E-state index contributed by atoms with van der Waals surface area (Å²) in [6.07, 6.45) is 0.190. The van der Waals surface area contributed by atoms with Crippen molar-refractivity contribution < 1.29 is 9.90 Å². The van der Waals surface area contributed by atoms with Crippen molar-refractivity contribution in [2.45, 2.75) is 6.42 Å². The molecule has 0 aliphatic carbocycles. The summed E-state index contributed by atoms with van der Waals surface area (Å²) in [6, 6.07) is 5.02. The molecule has 0 spiro atoms. The fourth-order valence-electron chi connectivity index (χ4n) is 1.25. The first-order valence-electron chi connectivity index (χ1n) is 4.83. The van der Waals surface area contributed by atoms with E-state index in [1.54, 1.807) is 25.2 Å². The molecule has 0 aliphatic heterocycles. The van der Waals surface area contributed by atoms with E-state index in [0.29, 0.717) is 22.2 Å². The first kappa shape index (κ1) is 13.3. The normalized spacial score (nSPS) is 10.2. The molecule has 0 fully saturated rings. The highest BCUT2D eigenvalue weighted by Crippen LogP contribution is 2.21. The highest BCUT2D eigenvalue weighted by molar-refractivity contribution is 6.33. The Morgan fingerprint density at radius 1 is 1.44 bits per heavy atom. The maximum Gasteiger partial charge on any atom is 0.226 e.